The van der Waals surface area contributed by atoms with Gasteiger partial charge in [-0.3, -0.25) is 4.79 Å². The summed E-state index contributed by atoms with van der Waals surface area (Å²) >= 11 is 8.84. The minimum absolute atomic E-state index is 0.133. The molecule has 5 heteroatoms. The van der Waals surface area contributed by atoms with Gasteiger partial charge < -0.3 is 5.32 Å². The number of carbonyl (C=O) groups is 1. The van der Waals surface area contributed by atoms with Crippen molar-refractivity contribution in [3.8, 4) is 0 Å². The van der Waals surface area contributed by atoms with Crippen LogP contribution in [0.3, 0.4) is 0 Å². The third-order valence-corrected chi connectivity index (χ3v) is 2.25. The van der Waals surface area contributed by atoms with E-state index in [9.17, 15) is 4.79 Å². The summed E-state index contributed by atoms with van der Waals surface area (Å²) in [5, 5.41) is 2.96. The lowest BCUT2D eigenvalue weighted by molar-refractivity contribution is -0.114. The first kappa shape index (κ1) is 9.48. The Bertz CT molecular complexity index is 316. The molecular weight excluding hydrogens is 243 g/mol. The van der Waals surface area contributed by atoms with Gasteiger partial charge in [0.1, 0.15) is 5.15 Å². The highest BCUT2D eigenvalue weighted by atomic mass is 79.9. The molecule has 0 saturated heterocycles. The first-order valence-electron chi connectivity index (χ1n) is 3.18. The van der Waals surface area contributed by atoms with E-state index in [-0.39, 0.29) is 5.91 Å². The summed E-state index contributed by atoms with van der Waals surface area (Å²) in [6.45, 7) is 1.43. The van der Waals surface area contributed by atoms with Crippen LogP contribution in [-0.2, 0) is 4.79 Å². The summed E-state index contributed by atoms with van der Waals surface area (Å²) in [4.78, 5) is 14.5. The molecule has 0 bridgehead atoms. The molecule has 1 aromatic rings. The Balaban J connectivity index is 2.89. The quantitative estimate of drug-likeness (QED) is 0.777. The van der Waals surface area contributed by atoms with Gasteiger partial charge in [0.25, 0.3) is 0 Å². The summed E-state index contributed by atoms with van der Waals surface area (Å²) < 4.78 is 0.662. The van der Waals surface area contributed by atoms with E-state index in [0.717, 1.165) is 0 Å². The zero-order valence-corrected chi connectivity index (χ0v) is 8.61. The van der Waals surface area contributed by atoms with Crippen molar-refractivity contribution in [2.75, 3.05) is 5.32 Å². The summed E-state index contributed by atoms with van der Waals surface area (Å²) in [6, 6.07) is 1.69. The number of nitrogens with one attached hydrogen (secondary N) is 1. The van der Waals surface area contributed by atoms with Gasteiger partial charge in [0, 0.05) is 6.92 Å². The first-order chi connectivity index (χ1) is 5.59. The molecule has 1 N–H and O–H groups in total. The average molecular weight is 249 g/mol. The van der Waals surface area contributed by atoms with Crippen molar-refractivity contribution < 1.29 is 4.79 Å². The lowest BCUT2D eigenvalue weighted by Gasteiger charge is -2.01. The van der Waals surface area contributed by atoms with Gasteiger partial charge in [-0.1, -0.05) is 11.6 Å². The molecule has 1 rings (SSSR count). The summed E-state index contributed by atoms with van der Waals surface area (Å²) in [5.41, 5.74) is 0.624. The van der Waals surface area contributed by atoms with Crippen molar-refractivity contribution in [2.24, 2.45) is 0 Å². The number of halogens is 2. The lowest BCUT2D eigenvalue weighted by atomic mass is 10.4. The fourth-order valence-corrected chi connectivity index (χ4v) is 1.15. The maximum Gasteiger partial charge on any atom is 0.221 e. The van der Waals surface area contributed by atoms with Gasteiger partial charge in [-0.2, -0.15) is 0 Å². The van der Waals surface area contributed by atoms with Crippen LogP contribution in [0.2, 0.25) is 5.15 Å². The Labute approximate surface area is 83.3 Å². The molecule has 0 aliphatic heterocycles. The minimum atomic E-state index is -0.133. The second kappa shape index (κ2) is 3.87. The molecule has 3 nitrogen and oxygen atoms in total. The minimum Gasteiger partial charge on any atom is -0.325 e. The average Bonchev–Trinajstić information content (AvgIpc) is 1.96. The Morgan fingerprint density at radius 3 is 2.92 bits per heavy atom. The summed E-state index contributed by atoms with van der Waals surface area (Å²) in [6.07, 6.45) is 1.49. The topological polar surface area (TPSA) is 42.0 Å². The number of amides is 1. The molecular formula is C7H6BrClN2O. The van der Waals surface area contributed by atoms with Crippen LogP contribution in [-0.4, -0.2) is 10.9 Å². The molecule has 0 aliphatic carbocycles. The molecule has 0 fully saturated rings. The van der Waals surface area contributed by atoms with E-state index in [2.05, 4.69) is 26.2 Å². The van der Waals surface area contributed by atoms with E-state index in [1.165, 1.54) is 13.1 Å². The zero-order chi connectivity index (χ0) is 9.14. The molecule has 1 amide bonds. The third-order valence-electron chi connectivity index (χ3n) is 1.12. The molecule has 12 heavy (non-hydrogen) atoms. The van der Waals surface area contributed by atoms with Gasteiger partial charge in [-0.15, -0.1) is 0 Å². The second-order valence-electron chi connectivity index (χ2n) is 2.18. The van der Waals surface area contributed by atoms with Crippen LogP contribution in [0.4, 0.5) is 5.69 Å². The molecule has 0 unspecified atom stereocenters. The summed E-state index contributed by atoms with van der Waals surface area (Å²) in [5.74, 6) is -0.133. The number of hydrogen-bond donors (Lipinski definition) is 1. The van der Waals surface area contributed by atoms with E-state index in [1.54, 1.807) is 6.07 Å². The van der Waals surface area contributed by atoms with E-state index >= 15 is 0 Å². The second-order valence-corrected chi connectivity index (χ2v) is 3.39. The number of pyridine rings is 1. The van der Waals surface area contributed by atoms with Gasteiger partial charge in [0.15, 0.2) is 0 Å². The smallest absolute Gasteiger partial charge is 0.221 e. The van der Waals surface area contributed by atoms with Crippen molar-refractivity contribution in [1.29, 1.82) is 0 Å². The van der Waals surface area contributed by atoms with Gasteiger partial charge in [0.05, 0.1) is 16.4 Å². The van der Waals surface area contributed by atoms with Crippen molar-refractivity contribution in [3.63, 3.8) is 0 Å². The van der Waals surface area contributed by atoms with E-state index in [1.807, 2.05) is 0 Å². The molecule has 64 valence electrons. The van der Waals surface area contributed by atoms with Gasteiger partial charge in [0.2, 0.25) is 5.91 Å². The maximum atomic E-state index is 10.6. The van der Waals surface area contributed by atoms with Crippen LogP contribution in [0.5, 0.6) is 0 Å². The predicted molar refractivity (Wildman–Crippen MR) is 51.3 cm³/mol. The van der Waals surface area contributed by atoms with Gasteiger partial charge in [-0.25, -0.2) is 4.98 Å². The fraction of sp³-hybridized carbons (Fsp3) is 0.143. The van der Waals surface area contributed by atoms with Crippen LogP contribution < -0.4 is 5.32 Å². The van der Waals surface area contributed by atoms with E-state index in [0.29, 0.717) is 15.3 Å². The van der Waals surface area contributed by atoms with Crippen LogP contribution >= 0.6 is 27.5 Å². The number of hydrogen-bond acceptors (Lipinski definition) is 2. The largest absolute Gasteiger partial charge is 0.325 e. The predicted octanol–water partition coefficient (Wildman–Crippen LogP) is 2.46. The Morgan fingerprint density at radius 1 is 1.75 bits per heavy atom. The van der Waals surface area contributed by atoms with Crippen LogP contribution in [0.15, 0.2) is 16.7 Å². The molecule has 0 radical (unpaired) electrons. The standard InChI is InChI=1S/C7H6BrClN2O/c1-4(12)11-5-2-6(8)7(9)10-3-5/h2-3H,1H3,(H,11,12). The molecule has 0 saturated carbocycles. The lowest BCUT2D eigenvalue weighted by Crippen LogP contribution is -2.05. The maximum absolute atomic E-state index is 10.6. The molecule has 0 atom stereocenters. The van der Waals surface area contributed by atoms with Crippen molar-refractivity contribution >= 4 is 39.1 Å². The zero-order valence-electron chi connectivity index (χ0n) is 6.27. The molecule has 0 aromatic carbocycles. The summed E-state index contributed by atoms with van der Waals surface area (Å²) in [7, 11) is 0. The molecule has 0 spiro atoms. The monoisotopic (exact) mass is 248 g/mol. The normalized spacial score (nSPS) is 9.58. The number of carbonyl (C=O) groups excluding carboxylic acids is 1. The highest BCUT2D eigenvalue weighted by Crippen LogP contribution is 2.22. The number of anilines is 1. The van der Waals surface area contributed by atoms with Gasteiger partial charge in [-0.05, 0) is 22.0 Å². The van der Waals surface area contributed by atoms with Crippen molar-refractivity contribution in [1.82, 2.24) is 4.98 Å². The highest BCUT2D eigenvalue weighted by molar-refractivity contribution is 9.10. The van der Waals surface area contributed by atoms with Crippen molar-refractivity contribution in [3.05, 3.63) is 21.9 Å². The number of aromatic nitrogens is 1. The third kappa shape index (κ3) is 2.46. The molecule has 0 aliphatic rings. The van der Waals surface area contributed by atoms with Crippen molar-refractivity contribution in [2.45, 2.75) is 6.92 Å². The van der Waals surface area contributed by atoms with Crippen LogP contribution in [0, 0.1) is 0 Å². The Morgan fingerprint density at radius 2 is 2.42 bits per heavy atom. The first-order valence-corrected chi connectivity index (χ1v) is 4.35. The number of nitrogens with zero attached hydrogens (tertiary/aromatic N) is 1. The molecule has 1 heterocycles. The number of rotatable bonds is 1. The Kier molecular flexibility index (Phi) is 3.05. The van der Waals surface area contributed by atoms with Crippen LogP contribution in [0.1, 0.15) is 6.92 Å². The van der Waals surface area contributed by atoms with Gasteiger partial charge >= 0.3 is 0 Å². The fourth-order valence-electron chi connectivity index (χ4n) is 0.693. The SMILES string of the molecule is CC(=O)Nc1cnc(Cl)c(Br)c1. The van der Waals surface area contributed by atoms with E-state index in [4.69, 9.17) is 11.6 Å². The van der Waals surface area contributed by atoms with Crippen LogP contribution in [0.25, 0.3) is 0 Å². The molecule has 1 aromatic heterocycles. The Hall–Kier alpha value is -0.610. The highest BCUT2D eigenvalue weighted by Gasteiger charge is 2.00. The van der Waals surface area contributed by atoms with E-state index < -0.39 is 0 Å².